The lowest BCUT2D eigenvalue weighted by Crippen LogP contribution is -2.10. The third-order valence-corrected chi connectivity index (χ3v) is 9.11. The fraction of sp³-hybridized carbons (Fsp3) is 0. The zero-order valence-electron chi connectivity index (χ0n) is 15.3. The second kappa shape index (κ2) is 9.24. The number of carbonyl (C=O) groups is 1. The number of hydrogen-bond donors (Lipinski definition) is 2. The molecule has 170 valence electrons. The van der Waals surface area contributed by atoms with Gasteiger partial charge in [-0.05, 0) is 57.3 Å². The average molecular weight is 791 g/mol. The second-order valence-electron chi connectivity index (χ2n) is 6.56. The lowest BCUT2D eigenvalue weighted by atomic mass is 9.90. The first-order chi connectivity index (χ1) is 15.4. The molecule has 5 nitrogen and oxygen atoms in total. The number of carboxylic acids is 1. The Balaban J connectivity index is 2.43. The number of hydrogen-bond acceptors (Lipinski definition) is 4. The van der Waals surface area contributed by atoms with Crippen molar-refractivity contribution in [2.24, 2.45) is 0 Å². The number of rotatable bonds is 2. The molecule has 13 heteroatoms. The van der Waals surface area contributed by atoms with Gasteiger partial charge in [0.25, 0.3) is 0 Å². The summed E-state index contributed by atoms with van der Waals surface area (Å²) in [7, 11) is 0. The third-order valence-electron chi connectivity index (χ3n) is 4.75. The highest BCUT2D eigenvalue weighted by atomic mass is 127. The molecule has 1 aliphatic heterocycles. The fourth-order valence-corrected chi connectivity index (χ4v) is 6.47. The Bertz CT molecular complexity index is 1570. The first-order valence-corrected chi connectivity index (χ1v) is 12.9. The zero-order chi connectivity index (χ0) is 24.5. The number of aromatic hydroxyl groups is 1. The monoisotopic (exact) mass is 788 g/mol. The molecule has 0 amide bonds. The van der Waals surface area contributed by atoms with Crippen LogP contribution in [-0.4, -0.2) is 16.2 Å². The summed E-state index contributed by atoms with van der Waals surface area (Å²) >= 11 is 41.2. The van der Waals surface area contributed by atoms with Gasteiger partial charge in [-0.3, -0.25) is 4.79 Å². The van der Waals surface area contributed by atoms with Crippen LogP contribution in [0.4, 0.5) is 0 Å². The van der Waals surface area contributed by atoms with Crippen molar-refractivity contribution in [3.8, 4) is 28.2 Å². The highest BCUT2D eigenvalue weighted by Gasteiger charge is 2.32. The van der Waals surface area contributed by atoms with Crippen LogP contribution in [0, 0.1) is 7.14 Å². The van der Waals surface area contributed by atoms with Crippen LogP contribution in [0.1, 0.15) is 10.4 Å². The largest absolute Gasteiger partial charge is 0.505 e. The van der Waals surface area contributed by atoms with Crippen LogP contribution in [-0.2, 0) is 0 Å². The zero-order valence-corrected chi connectivity index (χ0v) is 24.1. The molecule has 4 rings (SSSR count). The number of aromatic carboxylic acids is 1. The van der Waals surface area contributed by atoms with Gasteiger partial charge in [-0.1, -0.05) is 69.6 Å². The number of benzene rings is 3. The highest BCUT2D eigenvalue weighted by Crippen LogP contribution is 2.52. The molecule has 0 bridgehead atoms. The molecule has 0 atom stereocenters. The number of fused-ring (bicyclic) bond motifs is 2. The van der Waals surface area contributed by atoms with E-state index < -0.39 is 17.0 Å². The van der Waals surface area contributed by atoms with E-state index in [0.717, 1.165) is 0 Å². The van der Waals surface area contributed by atoms with Gasteiger partial charge >= 0.3 is 5.97 Å². The van der Waals surface area contributed by atoms with E-state index in [1.165, 1.54) is 12.1 Å². The van der Waals surface area contributed by atoms with Crippen molar-refractivity contribution in [3.63, 3.8) is 0 Å². The van der Waals surface area contributed by atoms with Crippen LogP contribution in [0.15, 0.2) is 21.3 Å². The van der Waals surface area contributed by atoms with E-state index in [1.54, 1.807) is 22.6 Å². The molecule has 1 aliphatic carbocycles. The first-order valence-electron chi connectivity index (χ1n) is 8.43. The predicted octanol–water partition coefficient (Wildman–Crippen LogP) is 9.10. The van der Waals surface area contributed by atoms with Crippen LogP contribution < -0.4 is 5.43 Å². The molecular weight excluding hydrogens is 787 g/mol. The summed E-state index contributed by atoms with van der Waals surface area (Å²) in [5, 5.41) is 19.5. The van der Waals surface area contributed by atoms with Crippen LogP contribution in [0.25, 0.3) is 33.4 Å². The van der Waals surface area contributed by atoms with Crippen LogP contribution >= 0.6 is 115 Å². The van der Waals surface area contributed by atoms with Gasteiger partial charge in [0.2, 0.25) is 5.43 Å². The molecule has 2 aromatic rings. The standard InChI is InChI=1S/C20H4Cl6I2O5/c21-5-1-3-7(8-9(20(31)32)11(24)13(26)12(25)10(8)23)4-2-6(22)17(30)15(28)19(4)33-18(3)14(27)16(5)29/h1-2,29H,(H,31,32). The quantitative estimate of drug-likeness (QED) is 0.0916. The van der Waals surface area contributed by atoms with Gasteiger partial charge in [0.15, 0.2) is 17.1 Å². The van der Waals surface area contributed by atoms with Crippen molar-refractivity contribution in [2.45, 2.75) is 0 Å². The number of phenols is 1. The summed E-state index contributed by atoms with van der Waals surface area (Å²) in [4.78, 5) is 24.8. The summed E-state index contributed by atoms with van der Waals surface area (Å²) in [6.07, 6.45) is 0. The average Bonchev–Trinajstić information content (AvgIpc) is 2.76. The van der Waals surface area contributed by atoms with Gasteiger partial charge in [-0.15, -0.1) is 0 Å². The van der Waals surface area contributed by atoms with Crippen LogP contribution in [0.5, 0.6) is 5.75 Å². The Morgan fingerprint density at radius 3 is 2.06 bits per heavy atom. The second-order valence-corrected chi connectivity index (χ2v) is 11.0. The molecule has 0 aromatic heterocycles. The highest BCUT2D eigenvalue weighted by molar-refractivity contribution is 14.1. The minimum absolute atomic E-state index is 0.0388. The van der Waals surface area contributed by atoms with Crippen molar-refractivity contribution in [3.05, 3.63) is 65.2 Å². The Hall–Kier alpha value is -0.400. The van der Waals surface area contributed by atoms with Crippen molar-refractivity contribution < 1.29 is 19.4 Å². The summed E-state index contributed by atoms with van der Waals surface area (Å²) < 4.78 is 6.34. The van der Waals surface area contributed by atoms with E-state index in [2.05, 4.69) is 0 Å². The van der Waals surface area contributed by atoms with E-state index in [9.17, 15) is 19.8 Å². The van der Waals surface area contributed by atoms with Gasteiger partial charge in [-0.25, -0.2) is 4.79 Å². The Morgan fingerprint density at radius 1 is 0.848 bits per heavy atom. The minimum Gasteiger partial charge on any atom is -0.505 e. The number of carboxylic acid groups (broad SMARTS) is 1. The summed E-state index contributed by atoms with van der Waals surface area (Å²) in [5.41, 5.74) is -0.474. The Kier molecular flexibility index (Phi) is 7.19. The normalized spacial score (nSPS) is 11.5. The molecule has 0 saturated carbocycles. The lowest BCUT2D eigenvalue weighted by molar-refractivity contribution is 0.0698. The number of phenolic OH excluding ortho intramolecular Hbond substituents is 1. The Morgan fingerprint density at radius 2 is 1.45 bits per heavy atom. The van der Waals surface area contributed by atoms with E-state index >= 15 is 0 Å². The summed E-state index contributed by atoms with van der Waals surface area (Å²) in [6.45, 7) is 0. The van der Waals surface area contributed by atoms with Crippen molar-refractivity contribution >= 4 is 132 Å². The molecule has 2 aromatic carbocycles. The lowest BCUT2D eigenvalue weighted by Gasteiger charge is -2.21. The summed E-state index contributed by atoms with van der Waals surface area (Å²) in [5.74, 6) is -1.61. The maximum atomic E-state index is 12.5. The summed E-state index contributed by atoms with van der Waals surface area (Å²) in [6, 6.07) is 2.70. The van der Waals surface area contributed by atoms with E-state index in [0.29, 0.717) is 0 Å². The topological polar surface area (TPSA) is 87.7 Å². The van der Waals surface area contributed by atoms with Gasteiger partial charge in [0, 0.05) is 22.1 Å². The third kappa shape index (κ3) is 3.96. The van der Waals surface area contributed by atoms with Gasteiger partial charge in [-0.2, -0.15) is 0 Å². The maximum Gasteiger partial charge on any atom is 0.337 e. The first kappa shape index (κ1) is 25.7. The van der Waals surface area contributed by atoms with Gasteiger partial charge < -0.3 is 14.6 Å². The minimum atomic E-state index is -1.43. The Labute approximate surface area is 242 Å². The van der Waals surface area contributed by atoms with Crippen molar-refractivity contribution in [1.29, 1.82) is 0 Å². The van der Waals surface area contributed by atoms with Gasteiger partial charge in [0.1, 0.15) is 3.57 Å². The van der Waals surface area contributed by atoms with E-state index in [1.807, 2.05) is 22.6 Å². The molecule has 2 N–H and O–H groups in total. The fourth-order valence-electron chi connectivity index (χ4n) is 3.33. The molecule has 0 fully saturated rings. The van der Waals surface area contributed by atoms with Crippen molar-refractivity contribution in [1.82, 2.24) is 0 Å². The smallest absolute Gasteiger partial charge is 0.337 e. The molecular formula is C20H4Cl6I2O5. The molecule has 33 heavy (non-hydrogen) atoms. The maximum absolute atomic E-state index is 12.5. The SMILES string of the molecule is O=C(O)c1c(Cl)c(Cl)c(Cl)c(Cl)c1-c1c2cc(Cl)c(=O)c(I)c-2oc2c(I)c(O)c(Cl)cc12. The number of halogens is 8. The predicted molar refractivity (Wildman–Crippen MR) is 149 cm³/mol. The van der Waals surface area contributed by atoms with Crippen LogP contribution in [0.2, 0.25) is 30.1 Å². The van der Waals surface area contributed by atoms with Crippen molar-refractivity contribution in [2.75, 3.05) is 0 Å². The molecule has 0 unspecified atom stereocenters. The molecule has 2 aliphatic rings. The van der Waals surface area contributed by atoms with E-state index in [-0.39, 0.29) is 76.4 Å². The van der Waals surface area contributed by atoms with Gasteiger partial charge in [0.05, 0.1) is 39.3 Å². The molecule has 0 saturated heterocycles. The molecule has 0 spiro atoms. The molecule has 1 heterocycles. The van der Waals surface area contributed by atoms with Crippen LogP contribution in [0.3, 0.4) is 0 Å². The molecule has 0 radical (unpaired) electrons. The van der Waals surface area contributed by atoms with E-state index in [4.69, 9.17) is 74.0 Å².